The standard InChI is InChI=1S/C20H28N8O/c1-15(16-5-7-17(21)8-6-16)25-26-18-22-19(27-9-3-2-4-10-27)24-20(23-18)28-11-13-29-14-12-28/h5-8H,2-4,9-14,21H2,1H3,(H,22,23,24,26). The van der Waals surface area contributed by atoms with E-state index in [1.54, 1.807) is 0 Å². The highest BCUT2D eigenvalue weighted by Crippen LogP contribution is 2.21. The van der Waals surface area contributed by atoms with Crippen LogP contribution in [-0.2, 0) is 4.74 Å². The molecule has 0 unspecified atom stereocenters. The number of hydrogen-bond donors (Lipinski definition) is 2. The zero-order valence-electron chi connectivity index (χ0n) is 16.8. The number of nitrogens with two attached hydrogens (primary N) is 1. The lowest BCUT2D eigenvalue weighted by Gasteiger charge is -2.30. The summed E-state index contributed by atoms with van der Waals surface area (Å²) in [6.07, 6.45) is 3.58. The molecule has 9 heteroatoms. The fraction of sp³-hybridized carbons (Fsp3) is 0.500. The summed E-state index contributed by atoms with van der Waals surface area (Å²) in [5, 5.41) is 4.48. The van der Waals surface area contributed by atoms with E-state index in [0.29, 0.717) is 31.1 Å². The highest BCUT2D eigenvalue weighted by molar-refractivity contribution is 5.99. The second-order valence-corrected chi connectivity index (χ2v) is 7.34. The number of nitrogens with zero attached hydrogens (tertiary/aromatic N) is 6. The summed E-state index contributed by atoms with van der Waals surface area (Å²) < 4.78 is 5.46. The van der Waals surface area contributed by atoms with Crippen LogP contribution in [0, 0.1) is 0 Å². The van der Waals surface area contributed by atoms with E-state index in [9.17, 15) is 0 Å². The number of ether oxygens (including phenoxy) is 1. The molecule has 4 rings (SSSR count). The number of hydrogen-bond acceptors (Lipinski definition) is 9. The molecule has 0 spiro atoms. The van der Waals surface area contributed by atoms with E-state index < -0.39 is 0 Å². The average Bonchev–Trinajstić information content (AvgIpc) is 2.79. The molecule has 154 valence electrons. The van der Waals surface area contributed by atoms with Crippen LogP contribution in [0.3, 0.4) is 0 Å². The maximum absolute atomic E-state index is 5.77. The van der Waals surface area contributed by atoms with E-state index in [0.717, 1.165) is 56.0 Å². The zero-order valence-corrected chi connectivity index (χ0v) is 16.8. The largest absolute Gasteiger partial charge is 0.399 e. The Hall–Kier alpha value is -2.94. The molecule has 9 nitrogen and oxygen atoms in total. The third-order valence-corrected chi connectivity index (χ3v) is 5.20. The van der Waals surface area contributed by atoms with Crippen LogP contribution in [-0.4, -0.2) is 60.1 Å². The van der Waals surface area contributed by atoms with Crippen molar-refractivity contribution in [1.82, 2.24) is 15.0 Å². The van der Waals surface area contributed by atoms with E-state index in [4.69, 9.17) is 15.5 Å². The minimum absolute atomic E-state index is 0.455. The van der Waals surface area contributed by atoms with Gasteiger partial charge in [-0.2, -0.15) is 20.1 Å². The van der Waals surface area contributed by atoms with Crippen LogP contribution in [0.4, 0.5) is 23.5 Å². The molecule has 0 radical (unpaired) electrons. The minimum Gasteiger partial charge on any atom is -0.399 e. The summed E-state index contributed by atoms with van der Waals surface area (Å²) in [7, 11) is 0. The van der Waals surface area contributed by atoms with Crippen molar-refractivity contribution in [2.75, 3.05) is 60.4 Å². The molecule has 0 bridgehead atoms. The molecule has 1 aromatic carbocycles. The Morgan fingerprint density at radius 1 is 0.931 bits per heavy atom. The molecular weight excluding hydrogens is 368 g/mol. The van der Waals surface area contributed by atoms with Crippen LogP contribution in [0.5, 0.6) is 0 Å². The molecule has 3 N–H and O–H groups in total. The second kappa shape index (κ2) is 9.04. The maximum Gasteiger partial charge on any atom is 0.250 e. The van der Waals surface area contributed by atoms with E-state index >= 15 is 0 Å². The van der Waals surface area contributed by atoms with Crippen molar-refractivity contribution in [3.63, 3.8) is 0 Å². The number of nitrogen functional groups attached to an aromatic ring is 1. The number of morpholine rings is 1. The summed E-state index contributed by atoms with van der Waals surface area (Å²) in [6.45, 7) is 6.80. The Morgan fingerprint density at radius 3 is 2.21 bits per heavy atom. The first-order valence-electron chi connectivity index (χ1n) is 10.2. The average molecular weight is 396 g/mol. The lowest BCUT2D eigenvalue weighted by Crippen LogP contribution is -2.38. The molecule has 1 aromatic heterocycles. The van der Waals surface area contributed by atoms with Crippen LogP contribution in [0.15, 0.2) is 29.4 Å². The highest BCUT2D eigenvalue weighted by atomic mass is 16.5. The summed E-state index contributed by atoms with van der Waals surface area (Å²) in [5.41, 5.74) is 11.3. The van der Waals surface area contributed by atoms with Gasteiger partial charge in [-0.05, 0) is 43.9 Å². The van der Waals surface area contributed by atoms with Gasteiger partial charge in [0.1, 0.15) is 0 Å². The van der Waals surface area contributed by atoms with Crippen molar-refractivity contribution in [2.24, 2.45) is 5.10 Å². The van der Waals surface area contributed by atoms with Gasteiger partial charge in [-0.1, -0.05) is 12.1 Å². The van der Waals surface area contributed by atoms with Crippen LogP contribution < -0.4 is 21.0 Å². The monoisotopic (exact) mass is 396 g/mol. The van der Waals surface area contributed by atoms with Gasteiger partial charge in [0, 0.05) is 31.9 Å². The van der Waals surface area contributed by atoms with Crippen molar-refractivity contribution in [3.05, 3.63) is 29.8 Å². The molecule has 2 aliphatic rings. The van der Waals surface area contributed by atoms with E-state index in [1.165, 1.54) is 6.42 Å². The van der Waals surface area contributed by atoms with Gasteiger partial charge in [0.05, 0.1) is 18.9 Å². The highest BCUT2D eigenvalue weighted by Gasteiger charge is 2.20. The van der Waals surface area contributed by atoms with Gasteiger partial charge in [-0.3, -0.25) is 0 Å². The first-order valence-corrected chi connectivity index (χ1v) is 10.2. The number of anilines is 4. The van der Waals surface area contributed by atoms with Gasteiger partial charge in [-0.25, -0.2) is 5.43 Å². The van der Waals surface area contributed by atoms with E-state index in [-0.39, 0.29) is 0 Å². The van der Waals surface area contributed by atoms with Crippen molar-refractivity contribution < 1.29 is 4.74 Å². The number of hydrazone groups is 1. The fourth-order valence-electron chi connectivity index (χ4n) is 3.47. The molecule has 3 heterocycles. The molecule has 0 saturated carbocycles. The molecule has 2 aliphatic heterocycles. The lowest BCUT2D eigenvalue weighted by molar-refractivity contribution is 0.122. The Morgan fingerprint density at radius 2 is 1.55 bits per heavy atom. The van der Waals surface area contributed by atoms with Gasteiger partial charge in [0.15, 0.2) is 0 Å². The summed E-state index contributed by atoms with van der Waals surface area (Å²) in [6, 6.07) is 7.62. The zero-order chi connectivity index (χ0) is 20.1. The van der Waals surface area contributed by atoms with Crippen LogP contribution in [0.2, 0.25) is 0 Å². The quantitative estimate of drug-likeness (QED) is 0.450. The SMILES string of the molecule is CC(=NNc1nc(N2CCCCC2)nc(N2CCOCC2)n1)c1ccc(N)cc1. The summed E-state index contributed by atoms with van der Waals surface area (Å²) >= 11 is 0. The summed E-state index contributed by atoms with van der Waals surface area (Å²) in [4.78, 5) is 18.4. The minimum atomic E-state index is 0.455. The van der Waals surface area contributed by atoms with Gasteiger partial charge in [0.25, 0.3) is 0 Å². The molecule has 2 saturated heterocycles. The van der Waals surface area contributed by atoms with Crippen molar-refractivity contribution in [1.29, 1.82) is 0 Å². The Labute approximate surface area is 171 Å². The van der Waals surface area contributed by atoms with Crippen molar-refractivity contribution in [2.45, 2.75) is 26.2 Å². The third kappa shape index (κ3) is 4.92. The lowest BCUT2D eigenvalue weighted by atomic mass is 10.1. The molecule has 2 aromatic rings. The number of piperidine rings is 1. The summed E-state index contributed by atoms with van der Waals surface area (Å²) in [5.74, 6) is 1.84. The van der Waals surface area contributed by atoms with E-state index in [2.05, 4.69) is 30.3 Å². The fourth-order valence-corrected chi connectivity index (χ4v) is 3.47. The van der Waals surface area contributed by atoms with E-state index in [1.807, 2.05) is 31.2 Å². The van der Waals surface area contributed by atoms with Crippen molar-refractivity contribution >= 4 is 29.2 Å². The normalized spacial score (nSPS) is 18.0. The molecular formula is C20H28N8O. The van der Waals surface area contributed by atoms with Crippen LogP contribution >= 0.6 is 0 Å². The number of rotatable bonds is 5. The topological polar surface area (TPSA) is 105 Å². The third-order valence-electron chi connectivity index (χ3n) is 5.20. The smallest absolute Gasteiger partial charge is 0.250 e. The predicted molar refractivity (Wildman–Crippen MR) is 116 cm³/mol. The Kier molecular flexibility index (Phi) is 6.04. The first-order chi connectivity index (χ1) is 14.2. The van der Waals surface area contributed by atoms with Gasteiger partial charge in [-0.15, -0.1) is 0 Å². The predicted octanol–water partition coefficient (Wildman–Crippen LogP) is 2.12. The Balaban J connectivity index is 1.58. The van der Waals surface area contributed by atoms with Gasteiger partial charge >= 0.3 is 0 Å². The second-order valence-electron chi connectivity index (χ2n) is 7.34. The molecule has 2 fully saturated rings. The molecule has 0 atom stereocenters. The number of nitrogens with one attached hydrogen (secondary N) is 1. The first kappa shape index (κ1) is 19.4. The number of aromatic nitrogens is 3. The van der Waals surface area contributed by atoms with Gasteiger partial charge in [0.2, 0.25) is 17.8 Å². The molecule has 0 aliphatic carbocycles. The number of benzene rings is 1. The Bertz CT molecular complexity index is 806. The molecule has 29 heavy (non-hydrogen) atoms. The maximum atomic E-state index is 5.77. The van der Waals surface area contributed by atoms with Crippen LogP contribution in [0.25, 0.3) is 0 Å². The van der Waals surface area contributed by atoms with Crippen molar-refractivity contribution in [3.8, 4) is 0 Å². The van der Waals surface area contributed by atoms with Gasteiger partial charge < -0.3 is 20.3 Å². The van der Waals surface area contributed by atoms with Crippen LogP contribution in [0.1, 0.15) is 31.7 Å². The molecule has 0 amide bonds.